The zero-order valence-corrected chi connectivity index (χ0v) is 9.55. The number of Topliss-reactive ketones (excluding diaryl/α,β-unsaturated/α-hetero) is 1. The van der Waals surface area contributed by atoms with Crippen molar-refractivity contribution >= 4 is 17.7 Å². The molecule has 0 bridgehead atoms. The molecule has 0 fully saturated rings. The second-order valence-corrected chi connectivity index (χ2v) is 4.07. The van der Waals surface area contributed by atoms with Crippen molar-refractivity contribution in [1.82, 2.24) is 0 Å². The highest BCUT2D eigenvalue weighted by molar-refractivity contribution is 5.87. The second-order valence-electron chi connectivity index (χ2n) is 4.07. The molecular formula is C10H17NO6. The van der Waals surface area contributed by atoms with Crippen LogP contribution in [0.3, 0.4) is 0 Å². The zero-order valence-electron chi connectivity index (χ0n) is 9.55. The van der Waals surface area contributed by atoms with Gasteiger partial charge in [-0.3, -0.25) is 14.4 Å². The lowest BCUT2D eigenvalue weighted by molar-refractivity contribution is -0.147. The van der Waals surface area contributed by atoms with Gasteiger partial charge in [0.2, 0.25) is 0 Å². The monoisotopic (exact) mass is 247 g/mol. The van der Waals surface area contributed by atoms with Gasteiger partial charge >= 0.3 is 11.9 Å². The van der Waals surface area contributed by atoms with Crippen molar-refractivity contribution in [1.29, 1.82) is 0 Å². The molecular weight excluding hydrogens is 230 g/mol. The van der Waals surface area contributed by atoms with Gasteiger partial charge in [-0.2, -0.15) is 0 Å². The van der Waals surface area contributed by atoms with E-state index in [0.29, 0.717) is 0 Å². The van der Waals surface area contributed by atoms with E-state index in [1.165, 1.54) is 6.92 Å². The summed E-state index contributed by atoms with van der Waals surface area (Å²) in [5.74, 6) is -4.15. The van der Waals surface area contributed by atoms with Crippen molar-refractivity contribution in [2.24, 2.45) is 11.7 Å². The predicted molar refractivity (Wildman–Crippen MR) is 57.3 cm³/mol. The third kappa shape index (κ3) is 5.41. The molecule has 7 heteroatoms. The third-order valence-corrected chi connectivity index (χ3v) is 2.56. The van der Waals surface area contributed by atoms with Gasteiger partial charge in [0, 0.05) is 6.42 Å². The molecule has 98 valence electrons. The normalized spacial score (nSPS) is 15.9. The average Bonchev–Trinajstić information content (AvgIpc) is 2.22. The highest BCUT2D eigenvalue weighted by Crippen LogP contribution is 2.26. The Morgan fingerprint density at radius 1 is 1.24 bits per heavy atom. The first-order chi connectivity index (χ1) is 7.70. The summed E-state index contributed by atoms with van der Waals surface area (Å²) in [5, 5.41) is 27.1. The maximum atomic E-state index is 11.4. The van der Waals surface area contributed by atoms with Gasteiger partial charge in [0.1, 0.15) is 0 Å². The number of carboxylic acid groups (broad SMARTS) is 2. The minimum absolute atomic E-state index is 0.202. The molecule has 0 saturated carbocycles. The van der Waals surface area contributed by atoms with E-state index in [4.69, 9.17) is 15.9 Å². The summed E-state index contributed by atoms with van der Waals surface area (Å²) in [4.78, 5) is 32.4. The largest absolute Gasteiger partial charge is 0.481 e. The van der Waals surface area contributed by atoms with Crippen LogP contribution in [0, 0.1) is 5.92 Å². The van der Waals surface area contributed by atoms with Crippen LogP contribution < -0.4 is 5.73 Å². The molecule has 0 rings (SSSR count). The van der Waals surface area contributed by atoms with Crippen LogP contribution >= 0.6 is 0 Å². The SMILES string of the molecule is CC(O)(CCC(=O)O)C(CC(=O)O)C(=O)CN. The molecule has 0 amide bonds. The Balaban J connectivity index is 4.80. The van der Waals surface area contributed by atoms with Crippen LogP contribution in [0.4, 0.5) is 0 Å². The first kappa shape index (κ1) is 15.5. The van der Waals surface area contributed by atoms with Crippen LogP contribution in [0.2, 0.25) is 0 Å². The van der Waals surface area contributed by atoms with Crippen molar-refractivity contribution in [2.75, 3.05) is 6.54 Å². The van der Waals surface area contributed by atoms with E-state index in [0.717, 1.165) is 0 Å². The Labute approximate surface area is 98.2 Å². The second kappa shape index (κ2) is 6.31. The lowest BCUT2D eigenvalue weighted by Crippen LogP contribution is -2.43. The van der Waals surface area contributed by atoms with E-state index in [1.54, 1.807) is 0 Å². The lowest BCUT2D eigenvalue weighted by Gasteiger charge is -2.30. The molecule has 0 aliphatic heterocycles. The van der Waals surface area contributed by atoms with Gasteiger partial charge < -0.3 is 21.1 Å². The van der Waals surface area contributed by atoms with Gasteiger partial charge in [0.25, 0.3) is 0 Å². The molecule has 2 unspecified atom stereocenters. The molecule has 0 saturated heterocycles. The lowest BCUT2D eigenvalue weighted by atomic mass is 9.80. The van der Waals surface area contributed by atoms with Crippen LogP contribution in [0.1, 0.15) is 26.2 Å². The van der Waals surface area contributed by atoms with Gasteiger partial charge in [-0.05, 0) is 13.3 Å². The highest BCUT2D eigenvalue weighted by Gasteiger charge is 2.38. The van der Waals surface area contributed by atoms with E-state index in [2.05, 4.69) is 0 Å². The zero-order chi connectivity index (χ0) is 13.6. The fourth-order valence-corrected chi connectivity index (χ4v) is 1.53. The van der Waals surface area contributed by atoms with Gasteiger partial charge in [-0.1, -0.05) is 0 Å². The number of hydrogen-bond donors (Lipinski definition) is 4. The number of ketones is 1. The number of hydrogen-bond acceptors (Lipinski definition) is 5. The number of rotatable bonds is 8. The Morgan fingerprint density at radius 2 is 1.76 bits per heavy atom. The summed E-state index contributed by atoms with van der Waals surface area (Å²) in [6.07, 6.45) is -1.12. The molecule has 0 spiro atoms. The van der Waals surface area contributed by atoms with E-state index in [9.17, 15) is 19.5 Å². The summed E-state index contributed by atoms with van der Waals surface area (Å²) >= 11 is 0. The Kier molecular flexibility index (Phi) is 5.77. The van der Waals surface area contributed by atoms with Crippen LogP contribution in [-0.2, 0) is 14.4 Å². The minimum Gasteiger partial charge on any atom is -0.481 e. The van der Waals surface area contributed by atoms with E-state index >= 15 is 0 Å². The fourth-order valence-electron chi connectivity index (χ4n) is 1.53. The van der Waals surface area contributed by atoms with Gasteiger partial charge in [-0.25, -0.2) is 0 Å². The molecule has 0 aliphatic rings. The summed E-state index contributed by atoms with van der Waals surface area (Å²) in [6.45, 7) is 0.859. The fraction of sp³-hybridized carbons (Fsp3) is 0.700. The van der Waals surface area contributed by atoms with Gasteiger partial charge in [-0.15, -0.1) is 0 Å². The standard InChI is InChI=1S/C10H17NO6/c1-10(17,3-2-8(13)14)6(4-9(15)16)7(12)5-11/h6,17H,2-5,11H2,1H3,(H,13,14)(H,15,16). The average molecular weight is 247 g/mol. The van der Waals surface area contributed by atoms with Crippen molar-refractivity contribution in [3.63, 3.8) is 0 Å². The molecule has 5 N–H and O–H groups in total. The number of carbonyl (C=O) groups is 3. The summed E-state index contributed by atoms with van der Waals surface area (Å²) in [5.41, 5.74) is 3.44. The number of carboxylic acids is 2. The first-order valence-corrected chi connectivity index (χ1v) is 5.09. The summed E-state index contributed by atoms with van der Waals surface area (Å²) in [7, 11) is 0. The maximum Gasteiger partial charge on any atom is 0.304 e. The smallest absolute Gasteiger partial charge is 0.304 e. The van der Waals surface area contributed by atoms with Crippen LogP contribution in [0.5, 0.6) is 0 Å². The summed E-state index contributed by atoms with van der Waals surface area (Å²) in [6, 6.07) is 0. The molecule has 0 aromatic carbocycles. The van der Waals surface area contributed by atoms with Crippen LogP contribution in [0.15, 0.2) is 0 Å². The third-order valence-electron chi connectivity index (χ3n) is 2.56. The molecule has 0 heterocycles. The van der Waals surface area contributed by atoms with Gasteiger partial charge in [0.05, 0.1) is 24.5 Å². The van der Waals surface area contributed by atoms with E-state index in [1.807, 2.05) is 0 Å². The van der Waals surface area contributed by atoms with E-state index in [-0.39, 0.29) is 19.4 Å². The Bertz CT molecular complexity index is 312. The molecule has 0 aliphatic carbocycles. The van der Waals surface area contributed by atoms with Crippen molar-refractivity contribution in [2.45, 2.75) is 31.8 Å². The van der Waals surface area contributed by atoms with Crippen molar-refractivity contribution < 1.29 is 29.7 Å². The summed E-state index contributed by atoms with van der Waals surface area (Å²) < 4.78 is 0. The molecule has 0 aromatic rings. The predicted octanol–water partition coefficient (Wildman–Crippen LogP) is -0.779. The molecule has 2 atom stereocenters. The molecule has 7 nitrogen and oxygen atoms in total. The van der Waals surface area contributed by atoms with Crippen LogP contribution in [-0.4, -0.2) is 45.2 Å². The maximum absolute atomic E-state index is 11.4. The van der Waals surface area contributed by atoms with Gasteiger partial charge in [0.15, 0.2) is 5.78 Å². The number of nitrogens with two attached hydrogens (primary N) is 1. The van der Waals surface area contributed by atoms with Crippen molar-refractivity contribution in [3.05, 3.63) is 0 Å². The topological polar surface area (TPSA) is 138 Å². The quantitative estimate of drug-likeness (QED) is 0.441. The van der Waals surface area contributed by atoms with Crippen LogP contribution in [0.25, 0.3) is 0 Å². The molecule has 0 radical (unpaired) electrons. The Morgan fingerprint density at radius 3 is 2.12 bits per heavy atom. The molecule has 0 aromatic heterocycles. The minimum atomic E-state index is -1.69. The number of carbonyl (C=O) groups excluding carboxylic acids is 1. The molecule has 17 heavy (non-hydrogen) atoms. The first-order valence-electron chi connectivity index (χ1n) is 5.09. The Hall–Kier alpha value is -1.47. The van der Waals surface area contributed by atoms with Crippen molar-refractivity contribution in [3.8, 4) is 0 Å². The highest BCUT2D eigenvalue weighted by atomic mass is 16.4. The number of aliphatic carboxylic acids is 2. The van der Waals surface area contributed by atoms with E-state index < -0.39 is 35.7 Å². The number of aliphatic hydroxyl groups is 1.